The zero-order valence-corrected chi connectivity index (χ0v) is 11.0. The first kappa shape index (κ1) is 11.5. The summed E-state index contributed by atoms with van der Waals surface area (Å²) in [6.07, 6.45) is 8.75. The zero-order valence-electron chi connectivity index (χ0n) is 11.0. The van der Waals surface area contributed by atoms with E-state index in [4.69, 9.17) is 0 Å². The first-order valence-corrected chi connectivity index (χ1v) is 6.93. The molecular formula is C16H20N2. The number of aromatic nitrogens is 2. The van der Waals surface area contributed by atoms with Crippen LogP contribution in [0.4, 0.5) is 0 Å². The predicted octanol–water partition coefficient (Wildman–Crippen LogP) is 4.13. The third-order valence-electron chi connectivity index (χ3n) is 4.06. The van der Waals surface area contributed by atoms with E-state index in [9.17, 15) is 0 Å². The molecule has 0 radical (unpaired) electrons. The van der Waals surface area contributed by atoms with Crippen LogP contribution in [0.2, 0.25) is 0 Å². The molecule has 2 nitrogen and oxygen atoms in total. The Balaban J connectivity index is 1.92. The van der Waals surface area contributed by atoms with Crippen molar-refractivity contribution in [3.63, 3.8) is 0 Å². The van der Waals surface area contributed by atoms with Crippen LogP contribution in [0.25, 0.3) is 11.3 Å². The van der Waals surface area contributed by atoms with E-state index in [1.165, 1.54) is 49.2 Å². The Bertz CT molecular complexity index is 507. The number of rotatable bonds is 2. The molecule has 1 aromatic carbocycles. The zero-order chi connectivity index (χ0) is 12.4. The molecule has 1 aromatic heterocycles. The van der Waals surface area contributed by atoms with E-state index < -0.39 is 0 Å². The van der Waals surface area contributed by atoms with Gasteiger partial charge in [-0.2, -0.15) is 0 Å². The second-order valence-electron chi connectivity index (χ2n) is 5.26. The minimum Gasteiger partial charge on any atom is -0.331 e. The fourth-order valence-electron chi connectivity index (χ4n) is 3.04. The van der Waals surface area contributed by atoms with Gasteiger partial charge in [0, 0.05) is 13.0 Å². The van der Waals surface area contributed by atoms with Gasteiger partial charge in [0.2, 0.25) is 0 Å². The highest BCUT2D eigenvalue weighted by molar-refractivity contribution is 5.59. The predicted molar refractivity (Wildman–Crippen MR) is 74.5 cm³/mol. The van der Waals surface area contributed by atoms with E-state index in [-0.39, 0.29) is 0 Å². The molecule has 1 aliphatic rings. The number of hydrogen-bond acceptors (Lipinski definition) is 1. The molecule has 1 heterocycles. The van der Waals surface area contributed by atoms with Crippen molar-refractivity contribution in [1.29, 1.82) is 0 Å². The molecule has 1 fully saturated rings. The number of hydrogen-bond donors (Lipinski definition) is 0. The highest BCUT2D eigenvalue weighted by Gasteiger charge is 2.20. The van der Waals surface area contributed by atoms with Crippen molar-refractivity contribution >= 4 is 0 Å². The largest absolute Gasteiger partial charge is 0.331 e. The van der Waals surface area contributed by atoms with Gasteiger partial charge < -0.3 is 4.57 Å². The molecule has 2 heteroatoms. The fourth-order valence-corrected chi connectivity index (χ4v) is 3.04. The van der Waals surface area contributed by atoms with Crippen molar-refractivity contribution in [2.75, 3.05) is 0 Å². The Morgan fingerprint density at radius 2 is 1.78 bits per heavy atom. The van der Waals surface area contributed by atoms with Gasteiger partial charge >= 0.3 is 0 Å². The summed E-state index contributed by atoms with van der Waals surface area (Å²) in [6, 6.07) is 10.5. The average Bonchev–Trinajstić information content (AvgIpc) is 2.83. The summed E-state index contributed by atoms with van der Waals surface area (Å²) in [4.78, 5) is 4.68. The van der Waals surface area contributed by atoms with Gasteiger partial charge in [-0.15, -0.1) is 0 Å². The second kappa shape index (κ2) is 4.97. The molecule has 0 unspecified atom stereocenters. The molecule has 18 heavy (non-hydrogen) atoms. The molecule has 94 valence electrons. The van der Waals surface area contributed by atoms with Crippen molar-refractivity contribution in [2.24, 2.45) is 7.05 Å². The van der Waals surface area contributed by atoms with Crippen LogP contribution >= 0.6 is 0 Å². The van der Waals surface area contributed by atoms with Gasteiger partial charge in [-0.1, -0.05) is 49.6 Å². The lowest BCUT2D eigenvalue weighted by Crippen LogP contribution is -2.10. The third kappa shape index (κ3) is 2.07. The van der Waals surface area contributed by atoms with Crippen LogP contribution in [0.3, 0.4) is 0 Å². The van der Waals surface area contributed by atoms with Gasteiger partial charge in [0.05, 0.1) is 11.9 Å². The minimum absolute atomic E-state index is 0.668. The molecule has 0 N–H and O–H groups in total. The number of imidazole rings is 1. The van der Waals surface area contributed by atoms with Crippen LogP contribution < -0.4 is 0 Å². The molecule has 0 bridgehead atoms. The summed E-state index contributed by atoms with van der Waals surface area (Å²) in [5.41, 5.74) is 2.49. The SMILES string of the molecule is Cn1c(-c2ccccc2)cnc1C1CCCCC1. The topological polar surface area (TPSA) is 17.8 Å². The van der Waals surface area contributed by atoms with Crippen molar-refractivity contribution < 1.29 is 0 Å². The minimum atomic E-state index is 0.668. The third-order valence-corrected chi connectivity index (χ3v) is 4.06. The monoisotopic (exact) mass is 240 g/mol. The number of benzene rings is 1. The smallest absolute Gasteiger partial charge is 0.111 e. The van der Waals surface area contributed by atoms with Crippen molar-refractivity contribution in [3.8, 4) is 11.3 Å². The maximum atomic E-state index is 4.68. The quantitative estimate of drug-likeness (QED) is 0.771. The maximum Gasteiger partial charge on any atom is 0.111 e. The fraction of sp³-hybridized carbons (Fsp3) is 0.438. The van der Waals surface area contributed by atoms with Crippen LogP contribution in [0.15, 0.2) is 36.5 Å². The van der Waals surface area contributed by atoms with E-state index in [0.717, 1.165) is 0 Å². The molecule has 0 amide bonds. The molecule has 0 atom stereocenters. The van der Waals surface area contributed by atoms with Gasteiger partial charge in [-0.3, -0.25) is 0 Å². The van der Waals surface area contributed by atoms with E-state index in [1.807, 2.05) is 6.20 Å². The van der Waals surface area contributed by atoms with Gasteiger partial charge in [0.25, 0.3) is 0 Å². The van der Waals surface area contributed by atoms with Gasteiger partial charge in [0.15, 0.2) is 0 Å². The first-order valence-electron chi connectivity index (χ1n) is 6.93. The molecule has 0 aliphatic heterocycles. The Hall–Kier alpha value is -1.57. The lowest BCUT2D eigenvalue weighted by molar-refractivity contribution is 0.422. The number of nitrogens with zero attached hydrogens (tertiary/aromatic N) is 2. The van der Waals surface area contributed by atoms with E-state index >= 15 is 0 Å². The summed E-state index contributed by atoms with van der Waals surface area (Å²) < 4.78 is 2.28. The van der Waals surface area contributed by atoms with Crippen molar-refractivity contribution in [3.05, 3.63) is 42.4 Å². The Labute approximate surface area is 109 Å². The summed E-state index contributed by atoms with van der Waals surface area (Å²) >= 11 is 0. The first-order chi connectivity index (χ1) is 8.86. The van der Waals surface area contributed by atoms with Gasteiger partial charge in [0.1, 0.15) is 5.82 Å². The summed E-state index contributed by atoms with van der Waals surface area (Å²) in [6.45, 7) is 0. The highest BCUT2D eigenvalue weighted by atomic mass is 15.1. The average molecular weight is 240 g/mol. The summed E-state index contributed by atoms with van der Waals surface area (Å²) in [7, 11) is 2.15. The Morgan fingerprint density at radius 3 is 2.50 bits per heavy atom. The normalized spacial score (nSPS) is 16.9. The van der Waals surface area contributed by atoms with E-state index in [0.29, 0.717) is 5.92 Å². The van der Waals surface area contributed by atoms with Crippen molar-refractivity contribution in [1.82, 2.24) is 9.55 Å². The van der Waals surface area contributed by atoms with E-state index in [2.05, 4.69) is 46.9 Å². The summed E-state index contributed by atoms with van der Waals surface area (Å²) in [5, 5.41) is 0. The highest BCUT2D eigenvalue weighted by Crippen LogP contribution is 2.33. The van der Waals surface area contributed by atoms with Gasteiger partial charge in [-0.25, -0.2) is 4.98 Å². The maximum absolute atomic E-state index is 4.68. The van der Waals surface area contributed by atoms with E-state index in [1.54, 1.807) is 0 Å². The Morgan fingerprint density at radius 1 is 1.06 bits per heavy atom. The molecule has 3 rings (SSSR count). The molecule has 0 spiro atoms. The van der Waals surface area contributed by atoms with Crippen LogP contribution in [0.1, 0.15) is 43.8 Å². The van der Waals surface area contributed by atoms with Gasteiger partial charge in [-0.05, 0) is 18.4 Å². The molecule has 2 aromatic rings. The van der Waals surface area contributed by atoms with Crippen LogP contribution in [0, 0.1) is 0 Å². The molecular weight excluding hydrogens is 220 g/mol. The summed E-state index contributed by atoms with van der Waals surface area (Å²) in [5.74, 6) is 1.94. The lowest BCUT2D eigenvalue weighted by Gasteiger charge is -2.21. The second-order valence-corrected chi connectivity index (χ2v) is 5.26. The van der Waals surface area contributed by atoms with Crippen LogP contribution in [0.5, 0.6) is 0 Å². The Kier molecular flexibility index (Phi) is 3.18. The molecule has 1 saturated carbocycles. The van der Waals surface area contributed by atoms with Crippen LogP contribution in [-0.2, 0) is 7.05 Å². The van der Waals surface area contributed by atoms with Crippen molar-refractivity contribution in [2.45, 2.75) is 38.0 Å². The lowest BCUT2D eigenvalue weighted by atomic mass is 9.89. The molecule has 1 aliphatic carbocycles. The van der Waals surface area contributed by atoms with Crippen LogP contribution in [-0.4, -0.2) is 9.55 Å². The molecule has 0 saturated heterocycles. The standard InChI is InChI=1S/C16H20N2/c1-18-15(13-8-4-2-5-9-13)12-17-16(18)14-10-6-3-7-11-14/h2,4-5,8-9,12,14H,3,6-7,10-11H2,1H3.